The Labute approximate surface area is 159 Å². The Hall–Kier alpha value is -1.59. The molecule has 2 aromatic rings. The molecule has 0 spiro atoms. The van der Waals surface area contributed by atoms with Gasteiger partial charge in [0.15, 0.2) is 0 Å². The molecule has 7 nitrogen and oxygen atoms in total. The molecule has 11 heteroatoms. The third-order valence-corrected chi connectivity index (χ3v) is 6.85. The summed E-state index contributed by atoms with van der Waals surface area (Å²) in [5.74, 6) is -1.12. The molecule has 2 N–H and O–H groups in total. The third kappa shape index (κ3) is 3.89. The van der Waals surface area contributed by atoms with E-state index in [2.05, 4.69) is 15.0 Å². The van der Waals surface area contributed by atoms with Gasteiger partial charge in [-0.15, -0.1) is 11.3 Å². The summed E-state index contributed by atoms with van der Waals surface area (Å²) >= 11 is 7.04. The number of amides is 1. The first-order valence-corrected chi connectivity index (χ1v) is 10.5. The van der Waals surface area contributed by atoms with Crippen LogP contribution in [0.15, 0.2) is 29.8 Å². The molecule has 26 heavy (non-hydrogen) atoms. The van der Waals surface area contributed by atoms with Gasteiger partial charge in [0.05, 0.1) is 11.1 Å². The number of carbonyl (C=O) groups is 1. The number of nitrogens with zero attached hydrogens (tertiary/aromatic N) is 2. The van der Waals surface area contributed by atoms with E-state index in [0.29, 0.717) is 10.7 Å². The molecule has 0 unspecified atom stereocenters. The van der Waals surface area contributed by atoms with Gasteiger partial charge >= 0.3 is 0 Å². The molecule has 2 heterocycles. The molecular weight excluding hydrogens is 403 g/mol. The fraction of sp³-hybridized carbons (Fsp3) is 0.333. The number of hydrogen-bond donors (Lipinski definition) is 2. The van der Waals surface area contributed by atoms with Crippen LogP contribution in [0.25, 0.3) is 0 Å². The van der Waals surface area contributed by atoms with E-state index < -0.39 is 34.0 Å². The summed E-state index contributed by atoms with van der Waals surface area (Å²) in [5.41, 5.74) is 0.291. The minimum absolute atomic E-state index is 0.127. The van der Waals surface area contributed by atoms with Gasteiger partial charge in [0.1, 0.15) is 16.9 Å². The molecule has 1 fully saturated rings. The quantitative estimate of drug-likeness (QED) is 0.798. The van der Waals surface area contributed by atoms with E-state index in [1.807, 2.05) is 0 Å². The van der Waals surface area contributed by atoms with E-state index in [1.54, 1.807) is 18.5 Å². The van der Waals surface area contributed by atoms with Crippen LogP contribution in [0.3, 0.4) is 0 Å². The first-order valence-electron chi connectivity index (χ1n) is 7.76. The molecule has 1 aliphatic rings. The lowest BCUT2D eigenvalue weighted by molar-refractivity contribution is -0.120. The molecule has 1 amide bonds. The van der Waals surface area contributed by atoms with Gasteiger partial charge in [-0.25, -0.2) is 9.37 Å². The van der Waals surface area contributed by atoms with Crippen LogP contribution in [-0.2, 0) is 15.0 Å². The highest BCUT2D eigenvalue weighted by molar-refractivity contribution is 7.87. The van der Waals surface area contributed by atoms with Crippen molar-refractivity contribution in [3.05, 3.63) is 45.6 Å². The van der Waals surface area contributed by atoms with Crippen molar-refractivity contribution >= 4 is 44.7 Å². The average Bonchev–Trinajstić information content (AvgIpc) is 3.11. The van der Waals surface area contributed by atoms with Crippen molar-refractivity contribution in [1.82, 2.24) is 14.0 Å². The molecule has 0 bridgehead atoms. The van der Waals surface area contributed by atoms with Gasteiger partial charge in [-0.2, -0.15) is 17.4 Å². The Morgan fingerprint density at radius 2 is 2.31 bits per heavy atom. The lowest BCUT2D eigenvalue weighted by Crippen LogP contribution is -2.57. The minimum atomic E-state index is -3.85. The second kappa shape index (κ2) is 7.57. The summed E-state index contributed by atoms with van der Waals surface area (Å²) < 4.78 is 42.0. The summed E-state index contributed by atoms with van der Waals surface area (Å²) in [7, 11) is -3.85. The van der Waals surface area contributed by atoms with Gasteiger partial charge in [0, 0.05) is 23.8 Å². The normalized spacial score (nSPS) is 22.9. The number of hydrogen-bond acceptors (Lipinski definition) is 5. The average molecular weight is 419 g/mol. The summed E-state index contributed by atoms with van der Waals surface area (Å²) in [6.45, 7) is 1.78. The van der Waals surface area contributed by atoms with Crippen LogP contribution in [0.2, 0.25) is 5.02 Å². The van der Waals surface area contributed by atoms with Crippen molar-refractivity contribution in [2.45, 2.75) is 25.4 Å². The molecule has 3 rings (SSSR count). The van der Waals surface area contributed by atoms with Crippen LogP contribution in [0.1, 0.15) is 24.4 Å². The lowest BCUT2D eigenvalue weighted by Gasteiger charge is -2.36. The molecule has 1 aliphatic heterocycles. The number of rotatable bonds is 4. The van der Waals surface area contributed by atoms with Crippen molar-refractivity contribution in [2.75, 3.05) is 11.9 Å². The van der Waals surface area contributed by atoms with Crippen molar-refractivity contribution in [2.24, 2.45) is 0 Å². The Morgan fingerprint density at radius 1 is 1.54 bits per heavy atom. The second-order valence-electron chi connectivity index (χ2n) is 5.62. The molecule has 1 aromatic carbocycles. The topological polar surface area (TPSA) is 91.4 Å². The van der Waals surface area contributed by atoms with Crippen LogP contribution in [0, 0.1) is 5.82 Å². The number of carbonyl (C=O) groups excluding carboxylic acids is 1. The fourth-order valence-corrected chi connectivity index (χ4v) is 5.31. The van der Waals surface area contributed by atoms with Crippen LogP contribution in [0.5, 0.6) is 0 Å². The standard InChI is InChI=1S/C15H16ClFN4O3S2/c1-2-21-13(14(22)19-9-3-4-11(17)10(16)7-9)8-12(20-26(21,23)24)15-18-5-6-25-15/h3-7,12-13,20H,2,8H2,1H3,(H,19,22)/t12-,13+/m0/s1. The highest BCUT2D eigenvalue weighted by atomic mass is 35.5. The molecule has 2 atom stereocenters. The third-order valence-electron chi connectivity index (χ3n) is 3.96. The zero-order valence-electron chi connectivity index (χ0n) is 13.6. The molecule has 1 saturated heterocycles. The molecule has 0 aliphatic carbocycles. The molecular formula is C15H16ClFN4O3S2. The highest BCUT2D eigenvalue weighted by Crippen LogP contribution is 2.30. The van der Waals surface area contributed by atoms with Gasteiger partial charge in [-0.1, -0.05) is 18.5 Å². The SMILES string of the molecule is CCN1[C@@H](C(=O)Nc2ccc(F)c(Cl)c2)C[C@@H](c2nccs2)NS1(=O)=O. The van der Waals surface area contributed by atoms with Gasteiger partial charge in [-0.3, -0.25) is 4.79 Å². The van der Waals surface area contributed by atoms with Crippen molar-refractivity contribution < 1.29 is 17.6 Å². The Morgan fingerprint density at radius 3 is 2.92 bits per heavy atom. The molecule has 0 radical (unpaired) electrons. The van der Waals surface area contributed by atoms with E-state index in [0.717, 1.165) is 10.4 Å². The van der Waals surface area contributed by atoms with E-state index in [4.69, 9.17) is 11.6 Å². The maximum absolute atomic E-state index is 13.3. The number of halogens is 2. The van der Waals surface area contributed by atoms with Gasteiger partial charge in [-0.05, 0) is 24.6 Å². The minimum Gasteiger partial charge on any atom is -0.325 e. The van der Waals surface area contributed by atoms with Gasteiger partial charge < -0.3 is 5.32 Å². The van der Waals surface area contributed by atoms with E-state index in [1.165, 1.54) is 23.5 Å². The number of nitrogens with one attached hydrogen (secondary N) is 2. The smallest absolute Gasteiger partial charge is 0.280 e. The van der Waals surface area contributed by atoms with Gasteiger partial charge in [0.25, 0.3) is 10.2 Å². The lowest BCUT2D eigenvalue weighted by atomic mass is 10.1. The predicted octanol–water partition coefficient (Wildman–Crippen LogP) is 2.54. The highest BCUT2D eigenvalue weighted by Gasteiger charge is 2.42. The van der Waals surface area contributed by atoms with Crippen LogP contribution in [0.4, 0.5) is 10.1 Å². The summed E-state index contributed by atoms with van der Waals surface area (Å²) in [6.07, 6.45) is 1.80. The van der Waals surface area contributed by atoms with Gasteiger partial charge in [0.2, 0.25) is 5.91 Å². The Bertz CT molecular complexity index is 908. The van der Waals surface area contributed by atoms with Crippen LogP contribution >= 0.6 is 22.9 Å². The first-order chi connectivity index (χ1) is 12.3. The maximum Gasteiger partial charge on any atom is 0.280 e. The zero-order valence-corrected chi connectivity index (χ0v) is 16.0. The summed E-state index contributed by atoms with van der Waals surface area (Å²) in [6, 6.07) is 2.26. The molecule has 140 valence electrons. The van der Waals surface area contributed by atoms with E-state index >= 15 is 0 Å². The molecule has 0 saturated carbocycles. The largest absolute Gasteiger partial charge is 0.325 e. The van der Waals surface area contributed by atoms with Crippen molar-refractivity contribution in [1.29, 1.82) is 0 Å². The first kappa shape index (κ1) is 19.2. The zero-order chi connectivity index (χ0) is 18.9. The van der Waals surface area contributed by atoms with E-state index in [-0.39, 0.29) is 18.0 Å². The molecule has 1 aromatic heterocycles. The number of likely N-dealkylation sites (N-methyl/N-ethyl adjacent to an activating group) is 1. The number of benzene rings is 1. The Kier molecular flexibility index (Phi) is 5.58. The number of anilines is 1. The monoisotopic (exact) mass is 418 g/mol. The predicted molar refractivity (Wildman–Crippen MR) is 97.7 cm³/mol. The van der Waals surface area contributed by atoms with Crippen molar-refractivity contribution in [3.63, 3.8) is 0 Å². The van der Waals surface area contributed by atoms with Crippen LogP contribution in [-0.4, -0.2) is 36.2 Å². The number of aromatic nitrogens is 1. The van der Waals surface area contributed by atoms with E-state index in [9.17, 15) is 17.6 Å². The number of thiazole rings is 1. The Balaban J connectivity index is 1.86. The van der Waals surface area contributed by atoms with Crippen LogP contribution < -0.4 is 10.0 Å². The summed E-state index contributed by atoms with van der Waals surface area (Å²) in [5, 5.41) is 4.81. The second-order valence-corrected chi connectivity index (χ2v) is 8.61. The fourth-order valence-electron chi connectivity index (χ4n) is 2.79. The maximum atomic E-state index is 13.3. The van der Waals surface area contributed by atoms with Crippen molar-refractivity contribution in [3.8, 4) is 0 Å². The summed E-state index contributed by atoms with van der Waals surface area (Å²) in [4.78, 5) is 16.9.